The van der Waals surface area contributed by atoms with Gasteiger partial charge >= 0.3 is 0 Å². The molecule has 14 heavy (non-hydrogen) atoms. The number of nitrogens with one attached hydrogen (secondary N) is 1. The number of rotatable bonds is 3. The van der Waals surface area contributed by atoms with Crippen molar-refractivity contribution in [2.45, 2.75) is 6.54 Å². The van der Waals surface area contributed by atoms with Crippen LogP contribution in [-0.2, 0) is 6.54 Å². The van der Waals surface area contributed by atoms with Crippen molar-refractivity contribution in [1.29, 1.82) is 0 Å². The van der Waals surface area contributed by atoms with Crippen LogP contribution in [0.2, 0.25) is 0 Å². The Bertz CT molecular complexity index is 421. The Balaban J connectivity index is 2.29. The predicted octanol–water partition coefficient (Wildman–Crippen LogP) is 3.49. The third kappa shape index (κ3) is 1.92. The van der Waals surface area contributed by atoms with Crippen LogP contribution in [-0.4, -0.2) is 7.05 Å². The summed E-state index contributed by atoms with van der Waals surface area (Å²) >= 11 is 5.16. The molecule has 0 atom stereocenters. The molecule has 0 saturated carbocycles. The highest BCUT2D eigenvalue weighted by Gasteiger charge is 2.08. The van der Waals surface area contributed by atoms with E-state index < -0.39 is 0 Å². The van der Waals surface area contributed by atoms with Gasteiger partial charge in [0, 0.05) is 4.47 Å². The molecule has 0 radical (unpaired) electrons. The Morgan fingerprint density at radius 3 is 2.93 bits per heavy atom. The number of halogens is 1. The highest BCUT2D eigenvalue weighted by atomic mass is 79.9. The number of hydrogen-bond acceptors (Lipinski definition) is 3. The van der Waals surface area contributed by atoms with Gasteiger partial charge in [0.15, 0.2) is 0 Å². The summed E-state index contributed by atoms with van der Waals surface area (Å²) in [6.07, 6.45) is 0. The van der Waals surface area contributed by atoms with Gasteiger partial charge in [-0.05, 0) is 46.6 Å². The maximum absolute atomic E-state index is 5.67. The minimum absolute atomic E-state index is 0.767. The molecule has 74 valence electrons. The Kier molecular flexibility index (Phi) is 3.05. The largest absolute Gasteiger partial charge is 0.459 e. The van der Waals surface area contributed by atoms with Crippen molar-refractivity contribution >= 4 is 27.3 Å². The van der Waals surface area contributed by atoms with E-state index in [2.05, 4.69) is 21.2 Å². The van der Waals surface area contributed by atoms with E-state index in [4.69, 9.17) is 4.42 Å². The van der Waals surface area contributed by atoms with E-state index in [1.54, 1.807) is 11.3 Å². The molecule has 2 aromatic heterocycles. The molecule has 0 saturated heterocycles. The molecule has 0 spiro atoms. The van der Waals surface area contributed by atoms with E-state index in [0.717, 1.165) is 27.4 Å². The highest BCUT2D eigenvalue weighted by molar-refractivity contribution is 9.10. The SMILES string of the molecule is CNCc1ccc(-c2sccc2Br)o1. The standard InChI is InChI=1S/C10H10BrNOS/c1-12-6-7-2-3-9(13-7)10-8(11)4-5-14-10/h2-5,12H,6H2,1H3. The zero-order chi connectivity index (χ0) is 9.97. The van der Waals surface area contributed by atoms with Gasteiger partial charge in [-0.25, -0.2) is 0 Å². The molecule has 1 N–H and O–H groups in total. The summed E-state index contributed by atoms with van der Waals surface area (Å²) in [6.45, 7) is 0.767. The fraction of sp³-hybridized carbons (Fsp3) is 0.200. The van der Waals surface area contributed by atoms with E-state index in [1.165, 1.54) is 0 Å². The van der Waals surface area contributed by atoms with Crippen molar-refractivity contribution in [2.75, 3.05) is 7.05 Å². The first-order valence-electron chi connectivity index (χ1n) is 4.28. The van der Waals surface area contributed by atoms with Gasteiger partial charge in [-0.15, -0.1) is 11.3 Å². The summed E-state index contributed by atoms with van der Waals surface area (Å²) in [7, 11) is 1.91. The summed E-state index contributed by atoms with van der Waals surface area (Å²) in [5.74, 6) is 1.89. The predicted molar refractivity (Wildman–Crippen MR) is 62.5 cm³/mol. The summed E-state index contributed by atoms with van der Waals surface area (Å²) in [5.41, 5.74) is 0. The molecule has 2 aromatic rings. The van der Waals surface area contributed by atoms with Crippen LogP contribution in [0.3, 0.4) is 0 Å². The quantitative estimate of drug-likeness (QED) is 0.925. The summed E-state index contributed by atoms with van der Waals surface area (Å²) < 4.78 is 6.76. The van der Waals surface area contributed by atoms with E-state index in [0.29, 0.717) is 0 Å². The molecule has 0 amide bonds. The van der Waals surface area contributed by atoms with Crippen LogP contribution in [0.25, 0.3) is 10.6 Å². The third-order valence-corrected chi connectivity index (χ3v) is 3.71. The number of thiophene rings is 1. The monoisotopic (exact) mass is 271 g/mol. The molecule has 0 fully saturated rings. The van der Waals surface area contributed by atoms with Crippen molar-refractivity contribution in [3.63, 3.8) is 0 Å². The third-order valence-electron chi connectivity index (χ3n) is 1.85. The number of hydrogen-bond donors (Lipinski definition) is 1. The van der Waals surface area contributed by atoms with Crippen LogP contribution in [0, 0.1) is 0 Å². The maximum atomic E-state index is 5.67. The maximum Gasteiger partial charge on any atom is 0.145 e. The fourth-order valence-corrected chi connectivity index (χ4v) is 2.77. The van der Waals surface area contributed by atoms with E-state index in [9.17, 15) is 0 Å². The first kappa shape index (κ1) is 9.96. The van der Waals surface area contributed by atoms with Crippen LogP contribution in [0.15, 0.2) is 32.5 Å². The Labute approximate surface area is 95.1 Å². The lowest BCUT2D eigenvalue weighted by Gasteiger charge is -1.94. The van der Waals surface area contributed by atoms with Gasteiger partial charge in [0.25, 0.3) is 0 Å². The minimum Gasteiger partial charge on any atom is -0.459 e. The second-order valence-electron chi connectivity index (χ2n) is 2.89. The van der Waals surface area contributed by atoms with Crippen LogP contribution in [0.4, 0.5) is 0 Å². The summed E-state index contributed by atoms with van der Waals surface area (Å²) in [6, 6.07) is 6.03. The van der Waals surface area contributed by atoms with Crippen LogP contribution >= 0.6 is 27.3 Å². The van der Waals surface area contributed by atoms with Crippen molar-refractivity contribution in [1.82, 2.24) is 5.32 Å². The van der Waals surface area contributed by atoms with Gasteiger partial charge in [-0.3, -0.25) is 0 Å². The second kappa shape index (κ2) is 4.29. The van der Waals surface area contributed by atoms with Gasteiger partial charge in [-0.2, -0.15) is 0 Å². The summed E-state index contributed by atoms with van der Waals surface area (Å²) in [4.78, 5) is 1.15. The molecule has 2 heterocycles. The molecule has 0 aromatic carbocycles. The smallest absolute Gasteiger partial charge is 0.145 e. The second-order valence-corrected chi connectivity index (χ2v) is 4.66. The van der Waals surface area contributed by atoms with E-state index in [1.807, 2.05) is 30.6 Å². The fourth-order valence-electron chi connectivity index (χ4n) is 1.24. The lowest BCUT2D eigenvalue weighted by Crippen LogP contribution is -2.03. The molecule has 2 rings (SSSR count). The average Bonchev–Trinajstić information content (AvgIpc) is 2.74. The normalized spacial score (nSPS) is 10.7. The molecule has 0 unspecified atom stereocenters. The Morgan fingerprint density at radius 1 is 1.43 bits per heavy atom. The van der Waals surface area contributed by atoms with Crippen LogP contribution in [0.5, 0.6) is 0 Å². The lowest BCUT2D eigenvalue weighted by molar-refractivity contribution is 0.508. The van der Waals surface area contributed by atoms with Crippen LogP contribution in [0.1, 0.15) is 5.76 Å². The van der Waals surface area contributed by atoms with Crippen LogP contribution < -0.4 is 5.32 Å². The lowest BCUT2D eigenvalue weighted by atomic mass is 10.3. The molecule has 0 aliphatic carbocycles. The van der Waals surface area contributed by atoms with Gasteiger partial charge in [-0.1, -0.05) is 0 Å². The number of furan rings is 1. The zero-order valence-corrected chi connectivity index (χ0v) is 10.1. The topological polar surface area (TPSA) is 25.2 Å². The van der Waals surface area contributed by atoms with E-state index >= 15 is 0 Å². The summed E-state index contributed by atoms with van der Waals surface area (Å²) in [5, 5.41) is 5.10. The van der Waals surface area contributed by atoms with Gasteiger partial charge in [0.05, 0.1) is 11.4 Å². The molecule has 4 heteroatoms. The molecule has 0 bridgehead atoms. The molecular formula is C10H10BrNOS. The molecule has 2 nitrogen and oxygen atoms in total. The first-order chi connectivity index (χ1) is 6.81. The zero-order valence-electron chi connectivity index (χ0n) is 7.71. The minimum atomic E-state index is 0.767. The Morgan fingerprint density at radius 2 is 2.29 bits per heavy atom. The van der Waals surface area contributed by atoms with Gasteiger partial charge < -0.3 is 9.73 Å². The van der Waals surface area contributed by atoms with Crippen molar-refractivity contribution in [3.8, 4) is 10.6 Å². The highest BCUT2D eigenvalue weighted by Crippen LogP contribution is 2.34. The molecule has 0 aliphatic rings. The van der Waals surface area contributed by atoms with Crippen molar-refractivity contribution in [3.05, 3.63) is 33.8 Å². The first-order valence-corrected chi connectivity index (χ1v) is 5.95. The van der Waals surface area contributed by atoms with E-state index in [-0.39, 0.29) is 0 Å². The Hall–Kier alpha value is -0.580. The molecular weight excluding hydrogens is 262 g/mol. The van der Waals surface area contributed by atoms with Crippen molar-refractivity contribution in [2.24, 2.45) is 0 Å². The average molecular weight is 272 g/mol. The van der Waals surface area contributed by atoms with Gasteiger partial charge in [0.1, 0.15) is 11.5 Å². The van der Waals surface area contributed by atoms with Crippen molar-refractivity contribution < 1.29 is 4.42 Å². The van der Waals surface area contributed by atoms with Gasteiger partial charge in [0.2, 0.25) is 0 Å². The molecule has 0 aliphatic heterocycles.